The molecule has 1 atom stereocenters. The third-order valence-corrected chi connectivity index (χ3v) is 3.26. The number of aromatic nitrogens is 5. The van der Waals surface area contributed by atoms with Crippen molar-refractivity contribution in [3.05, 3.63) is 22.4 Å². The molecular weight excluding hydrogens is 236 g/mol. The molecule has 0 saturated heterocycles. The molecule has 1 unspecified atom stereocenters. The van der Waals surface area contributed by atoms with Gasteiger partial charge in [0.25, 0.3) is 0 Å². The molecule has 92 valence electrons. The van der Waals surface area contributed by atoms with Crippen molar-refractivity contribution in [2.24, 2.45) is 7.05 Å². The fourth-order valence-electron chi connectivity index (χ4n) is 1.58. The molecule has 7 heteroatoms. The molecule has 2 aromatic rings. The largest absolute Gasteiger partial charge is 0.309 e. The van der Waals surface area contributed by atoms with E-state index in [9.17, 15) is 0 Å². The minimum Gasteiger partial charge on any atom is -0.309 e. The van der Waals surface area contributed by atoms with Gasteiger partial charge in [-0.15, -0.1) is 21.5 Å². The van der Waals surface area contributed by atoms with Crippen LogP contribution in [0, 0.1) is 0 Å². The molecule has 0 spiro atoms. The van der Waals surface area contributed by atoms with Crippen LogP contribution in [0.5, 0.6) is 0 Å². The Bertz CT molecular complexity index is 437. The van der Waals surface area contributed by atoms with Crippen molar-refractivity contribution in [2.75, 3.05) is 6.54 Å². The minimum atomic E-state index is 0.228. The Morgan fingerprint density at radius 1 is 1.53 bits per heavy atom. The van der Waals surface area contributed by atoms with Crippen LogP contribution in [0.2, 0.25) is 0 Å². The van der Waals surface area contributed by atoms with E-state index in [0.29, 0.717) is 0 Å². The lowest BCUT2D eigenvalue weighted by atomic mass is 10.1. The molecule has 2 aromatic heterocycles. The predicted molar refractivity (Wildman–Crippen MR) is 65.7 cm³/mol. The smallest absolute Gasteiger partial charge is 0.176 e. The van der Waals surface area contributed by atoms with E-state index in [1.165, 1.54) is 9.67 Å². The highest BCUT2D eigenvalue weighted by molar-refractivity contribution is 7.09. The van der Waals surface area contributed by atoms with Gasteiger partial charge in [0.05, 0.1) is 18.6 Å². The van der Waals surface area contributed by atoms with E-state index in [1.807, 2.05) is 11.7 Å². The lowest BCUT2D eigenvalue weighted by Crippen LogP contribution is -2.23. The molecule has 2 rings (SSSR count). The predicted octanol–water partition coefficient (Wildman–Crippen LogP) is 0.950. The Kier molecular flexibility index (Phi) is 4.16. The van der Waals surface area contributed by atoms with Gasteiger partial charge in [-0.05, 0) is 18.2 Å². The molecule has 0 bridgehead atoms. The van der Waals surface area contributed by atoms with Crippen LogP contribution >= 0.6 is 11.3 Å². The summed E-state index contributed by atoms with van der Waals surface area (Å²) >= 11 is 1.65. The van der Waals surface area contributed by atoms with E-state index in [0.717, 1.165) is 25.2 Å². The topological polar surface area (TPSA) is 68.5 Å². The lowest BCUT2D eigenvalue weighted by molar-refractivity contribution is 0.523. The molecule has 0 saturated carbocycles. The number of nitrogens with zero attached hydrogens (tertiary/aromatic N) is 5. The third-order valence-electron chi connectivity index (χ3n) is 2.37. The van der Waals surface area contributed by atoms with Gasteiger partial charge in [0.15, 0.2) is 5.82 Å². The first-order valence-electron chi connectivity index (χ1n) is 5.64. The molecule has 2 heterocycles. The van der Waals surface area contributed by atoms with Crippen LogP contribution in [0.4, 0.5) is 0 Å². The van der Waals surface area contributed by atoms with E-state index < -0.39 is 0 Å². The van der Waals surface area contributed by atoms with Crippen LogP contribution in [-0.4, -0.2) is 31.7 Å². The quantitative estimate of drug-likeness (QED) is 0.829. The van der Waals surface area contributed by atoms with Crippen molar-refractivity contribution in [1.29, 1.82) is 0 Å². The standard InChI is InChI=1S/C10H16N6S/c1-3-4-12-8(9-6-11-7-17-9)5-10-13-15-16(2)14-10/h6-8,12H,3-5H2,1-2H3. The van der Waals surface area contributed by atoms with Crippen LogP contribution in [0.25, 0.3) is 0 Å². The lowest BCUT2D eigenvalue weighted by Gasteiger charge is -2.14. The second-order valence-corrected chi connectivity index (χ2v) is 4.73. The van der Waals surface area contributed by atoms with Gasteiger partial charge in [0.1, 0.15) is 0 Å². The van der Waals surface area contributed by atoms with E-state index in [-0.39, 0.29) is 6.04 Å². The highest BCUT2D eigenvalue weighted by atomic mass is 32.1. The van der Waals surface area contributed by atoms with Gasteiger partial charge in [0, 0.05) is 17.5 Å². The van der Waals surface area contributed by atoms with Crippen LogP contribution in [0.1, 0.15) is 30.1 Å². The molecule has 6 nitrogen and oxygen atoms in total. The van der Waals surface area contributed by atoms with Gasteiger partial charge >= 0.3 is 0 Å². The normalized spacial score (nSPS) is 12.8. The van der Waals surface area contributed by atoms with Crippen molar-refractivity contribution < 1.29 is 0 Å². The van der Waals surface area contributed by atoms with Crippen LogP contribution in [-0.2, 0) is 13.5 Å². The zero-order chi connectivity index (χ0) is 12.1. The maximum atomic E-state index is 4.21. The summed E-state index contributed by atoms with van der Waals surface area (Å²) in [6.07, 6.45) is 3.74. The second-order valence-electron chi connectivity index (χ2n) is 3.81. The monoisotopic (exact) mass is 252 g/mol. The average Bonchev–Trinajstić information content (AvgIpc) is 2.95. The summed E-state index contributed by atoms with van der Waals surface area (Å²) in [6.45, 7) is 3.13. The van der Waals surface area contributed by atoms with Gasteiger partial charge in [-0.25, -0.2) is 0 Å². The Balaban J connectivity index is 2.05. The molecular formula is C10H16N6S. The molecule has 0 aliphatic heterocycles. The Morgan fingerprint density at radius 3 is 3.00 bits per heavy atom. The van der Waals surface area contributed by atoms with Crippen molar-refractivity contribution in [1.82, 2.24) is 30.5 Å². The van der Waals surface area contributed by atoms with Crippen molar-refractivity contribution >= 4 is 11.3 Å². The van der Waals surface area contributed by atoms with E-state index in [2.05, 4.69) is 32.6 Å². The first kappa shape index (κ1) is 12.1. The van der Waals surface area contributed by atoms with Crippen LogP contribution < -0.4 is 5.32 Å². The minimum absolute atomic E-state index is 0.228. The Morgan fingerprint density at radius 2 is 2.41 bits per heavy atom. The summed E-state index contributed by atoms with van der Waals surface area (Å²) < 4.78 is 0. The van der Waals surface area contributed by atoms with Gasteiger partial charge in [0.2, 0.25) is 0 Å². The van der Waals surface area contributed by atoms with E-state index in [4.69, 9.17) is 0 Å². The number of aryl methyl sites for hydroxylation is 1. The maximum Gasteiger partial charge on any atom is 0.176 e. The summed E-state index contributed by atoms with van der Waals surface area (Å²) in [7, 11) is 1.78. The fraction of sp³-hybridized carbons (Fsp3) is 0.600. The SMILES string of the molecule is CCCNC(Cc1nnn(C)n1)c1cncs1. The van der Waals surface area contributed by atoms with Crippen molar-refractivity contribution in [3.63, 3.8) is 0 Å². The number of rotatable bonds is 6. The van der Waals surface area contributed by atoms with Crippen molar-refractivity contribution in [3.8, 4) is 0 Å². The van der Waals surface area contributed by atoms with Gasteiger partial charge in [-0.2, -0.15) is 4.80 Å². The van der Waals surface area contributed by atoms with Gasteiger partial charge < -0.3 is 5.32 Å². The first-order chi connectivity index (χ1) is 8.29. The number of thiazole rings is 1. The Hall–Kier alpha value is -1.34. The molecule has 17 heavy (non-hydrogen) atoms. The average molecular weight is 252 g/mol. The summed E-state index contributed by atoms with van der Waals surface area (Å²) in [5.41, 5.74) is 1.85. The van der Waals surface area contributed by atoms with Crippen molar-refractivity contribution in [2.45, 2.75) is 25.8 Å². The number of nitrogens with one attached hydrogen (secondary N) is 1. The number of hydrogen-bond acceptors (Lipinski definition) is 6. The summed E-state index contributed by atoms with van der Waals surface area (Å²) in [5, 5.41) is 15.6. The number of hydrogen-bond donors (Lipinski definition) is 1. The summed E-state index contributed by atoms with van der Waals surface area (Å²) in [4.78, 5) is 6.81. The highest BCUT2D eigenvalue weighted by Crippen LogP contribution is 2.20. The zero-order valence-corrected chi connectivity index (χ0v) is 10.8. The second kappa shape index (κ2) is 5.83. The molecule has 1 N–H and O–H groups in total. The van der Waals surface area contributed by atoms with Crippen LogP contribution in [0.15, 0.2) is 11.7 Å². The molecule has 0 aromatic carbocycles. The zero-order valence-electron chi connectivity index (χ0n) is 10.00. The molecule has 0 aliphatic carbocycles. The molecule has 0 amide bonds. The van der Waals surface area contributed by atoms with Gasteiger partial charge in [-0.1, -0.05) is 6.92 Å². The Labute approximate surface area is 104 Å². The summed E-state index contributed by atoms with van der Waals surface area (Å²) in [6, 6.07) is 0.228. The first-order valence-corrected chi connectivity index (χ1v) is 6.52. The third kappa shape index (κ3) is 3.31. The van der Waals surface area contributed by atoms with Crippen LogP contribution in [0.3, 0.4) is 0 Å². The van der Waals surface area contributed by atoms with Gasteiger partial charge in [-0.3, -0.25) is 4.98 Å². The molecule has 0 fully saturated rings. The number of tetrazole rings is 1. The molecule has 0 aliphatic rings. The maximum absolute atomic E-state index is 4.21. The van der Waals surface area contributed by atoms with E-state index in [1.54, 1.807) is 18.4 Å². The highest BCUT2D eigenvalue weighted by Gasteiger charge is 2.15. The fourth-order valence-corrected chi connectivity index (χ4v) is 2.27. The van der Waals surface area contributed by atoms with E-state index >= 15 is 0 Å². The molecule has 0 radical (unpaired) electrons. The summed E-state index contributed by atoms with van der Waals surface area (Å²) in [5.74, 6) is 0.759.